The van der Waals surface area contributed by atoms with Crippen molar-refractivity contribution in [1.82, 2.24) is 9.88 Å². The molecule has 2 aromatic carbocycles. The minimum absolute atomic E-state index is 0.0719. The first-order chi connectivity index (χ1) is 16.1. The molecule has 2 amide bonds. The van der Waals surface area contributed by atoms with Gasteiger partial charge in [0.25, 0.3) is 11.8 Å². The zero-order valence-corrected chi connectivity index (χ0v) is 20.1. The molecule has 1 aliphatic rings. The number of rotatable bonds is 4. The number of aromatic nitrogens is 1. The van der Waals surface area contributed by atoms with Crippen LogP contribution in [0.3, 0.4) is 0 Å². The molecule has 1 fully saturated rings. The van der Waals surface area contributed by atoms with Gasteiger partial charge in [0.15, 0.2) is 5.11 Å². The number of hydrogen-bond acceptors (Lipinski definition) is 4. The number of carboxylic acid groups (broad SMARTS) is 1. The Hall–Kier alpha value is -3.75. The van der Waals surface area contributed by atoms with E-state index in [-0.39, 0.29) is 16.2 Å². The van der Waals surface area contributed by atoms with Gasteiger partial charge >= 0.3 is 5.97 Å². The van der Waals surface area contributed by atoms with E-state index in [1.807, 2.05) is 49.6 Å². The van der Waals surface area contributed by atoms with Crippen LogP contribution in [0.5, 0.6) is 0 Å². The van der Waals surface area contributed by atoms with Gasteiger partial charge in [-0.2, -0.15) is 0 Å². The summed E-state index contributed by atoms with van der Waals surface area (Å²) in [4.78, 5) is 38.3. The average molecular weight is 494 g/mol. The fourth-order valence-corrected chi connectivity index (χ4v) is 4.39. The number of nitrogens with one attached hydrogen (secondary N) is 1. The van der Waals surface area contributed by atoms with Crippen molar-refractivity contribution in [2.45, 2.75) is 20.8 Å². The zero-order chi connectivity index (χ0) is 24.7. The molecule has 0 aliphatic carbocycles. The molecule has 0 saturated carbocycles. The number of nitrogens with zero attached hydrogens (tertiary/aromatic N) is 2. The molecule has 2 heterocycles. The number of benzene rings is 2. The van der Waals surface area contributed by atoms with Crippen LogP contribution >= 0.6 is 23.8 Å². The number of amides is 2. The summed E-state index contributed by atoms with van der Waals surface area (Å²) >= 11 is 11.5. The molecule has 0 unspecified atom stereocenters. The number of halogens is 1. The number of carbonyl (C=O) groups is 3. The normalized spacial score (nSPS) is 15.1. The number of aryl methyl sites for hydroxylation is 1. The number of carboxylic acids is 1. The standard InChI is InChI=1S/C25H20ClN3O4S/c1-13-11-17(15(3)28(13)21-6-4-5-20(26)14(21)2)12-19-22(30)27-25(34)29(23(19)31)18-9-7-16(8-10-18)24(32)33/h4-12H,1-3H3,(H,32,33)(H,27,30,34)/b19-12+. The van der Waals surface area contributed by atoms with Gasteiger partial charge in [0.05, 0.1) is 11.3 Å². The highest BCUT2D eigenvalue weighted by Crippen LogP contribution is 2.29. The quantitative estimate of drug-likeness (QED) is 0.315. The van der Waals surface area contributed by atoms with Gasteiger partial charge in [-0.25, -0.2) is 4.79 Å². The Morgan fingerprint density at radius 1 is 1.09 bits per heavy atom. The minimum atomic E-state index is -1.08. The lowest BCUT2D eigenvalue weighted by Gasteiger charge is -2.29. The number of aromatic carboxylic acids is 1. The van der Waals surface area contributed by atoms with E-state index in [1.165, 1.54) is 35.2 Å². The molecule has 0 spiro atoms. The fourth-order valence-electron chi connectivity index (χ4n) is 3.94. The van der Waals surface area contributed by atoms with Crippen LogP contribution in [-0.2, 0) is 9.59 Å². The second-order valence-electron chi connectivity index (χ2n) is 7.86. The monoisotopic (exact) mass is 493 g/mol. The third-order valence-corrected chi connectivity index (χ3v) is 6.42. The van der Waals surface area contributed by atoms with Crippen LogP contribution in [0.1, 0.15) is 32.9 Å². The third-order valence-electron chi connectivity index (χ3n) is 5.72. The van der Waals surface area contributed by atoms with Gasteiger partial charge in [0.2, 0.25) is 0 Å². The molecule has 172 valence electrons. The molecule has 1 aromatic heterocycles. The van der Waals surface area contributed by atoms with Gasteiger partial charge in [0, 0.05) is 22.1 Å². The first-order valence-electron chi connectivity index (χ1n) is 10.3. The largest absolute Gasteiger partial charge is 0.478 e. The van der Waals surface area contributed by atoms with Crippen LogP contribution in [0.15, 0.2) is 54.1 Å². The van der Waals surface area contributed by atoms with Crippen molar-refractivity contribution in [3.63, 3.8) is 0 Å². The maximum Gasteiger partial charge on any atom is 0.335 e. The summed E-state index contributed by atoms with van der Waals surface area (Å²) in [5.74, 6) is -2.28. The van der Waals surface area contributed by atoms with Crippen LogP contribution in [0.2, 0.25) is 5.02 Å². The van der Waals surface area contributed by atoms with E-state index in [1.54, 1.807) is 0 Å². The van der Waals surface area contributed by atoms with Crippen molar-refractivity contribution in [1.29, 1.82) is 0 Å². The van der Waals surface area contributed by atoms with Crippen LogP contribution < -0.4 is 10.2 Å². The summed E-state index contributed by atoms with van der Waals surface area (Å²) in [6.07, 6.45) is 1.54. The molecule has 0 radical (unpaired) electrons. The first-order valence-corrected chi connectivity index (χ1v) is 11.1. The van der Waals surface area contributed by atoms with E-state index < -0.39 is 17.8 Å². The van der Waals surface area contributed by atoms with Gasteiger partial charge in [-0.1, -0.05) is 17.7 Å². The number of hydrogen-bond donors (Lipinski definition) is 2. The molecule has 9 heteroatoms. The summed E-state index contributed by atoms with van der Waals surface area (Å²) in [5.41, 5.74) is 4.61. The summed E-state index contributed by atoms with van der Waals surface area (Å²) in [5, 5.41) is 12.2. The van der Waals surface area contributed by atoms with Crippen LogP contribution in [0.4, 0.5) is 5.69 Å². The van der Waals surface area contributed by atoms with E-state index >= 15 is 0 Å². The highest BCUT2D eigenvalue weighted by Gasteiger charge is 2.34. The van der Waals surface area contributed by atoms with Crippen molar-refractivity contribution < 1.29 is 19.5 Å². The second kappa shape index (κ2) is 8.89. The average Bonchev–Trinajstić information content (AvgIpc) is 3.06. The smallest absolute Gasteiger partial charge is 0.335 e. The lowest BCUT2D eigenvalue weighted by molar-refractivity contribution is -0.122. The Labute approximate surface area is 206 Å². The molecule has 1 aliphatic heterocycles. The van der Waals surface area contributed by atoms with Gasteiger partial charge in [-0.05, 0) is 92.7 Å². The van der Waals surface area contributed by atoms with E-state index in [0.29, 0.717) is 16.3 Å². The van der Waals surface area contributed by atoms with Crippen LogP contribution in [0, 0.1) is 20.8 Å². The molecular formula is C25H20ClN3O4S. The van der Waals surface area contributed by atoms with E-state index in [2.05, 4.69) is 5.32 Å². The summed E-state index contributed by atoms with van der Waals surface area (Å²) in [6.45, 7) is 5.77. The molecule has 2 N–H and O–H groups in total. The highest BCUT2D eigenvalue weighted by atomic mass is 35.5. The molecular weight excluding hydrogens is 474 g/mol. The first kappa shape index (κ1) is 23.4. The molecule has 0 bridgehead atoms. The van der Waals surface area contributed by atoms with Crippen LogP contribution in [0.25, 0.3) is 11.8 Å². The SMILES string of the molecule is Cc1c(Cl)cccc1-n1c(C)cc(/C=C2\C(=O)NC(=S)N(c3ccc(C(=O)O)cc3)C2=O)c1C. The molecule has 7 nitrogen and oxygen atoms in total. The fraction of sp³-hybridized carbons (Fsp3) is 0.120. The number of thiocarbonyl (C=S) groups is 1. The van der Waals surface area contributed by atoms with E-state index in [0.717, 1.165) is 22.6 Å². The van der Waals surface area contributed by atoms with Crippen molar-refractivity contribution in [2.24, 2.45) is 0 Å². The molecule has 34 heavy (non-hydrogen) atoms. The van der Waals surface area contributed by atoms with Crippen molar-refractivity contribution in [3.8, 4) is 5.69 Å². The Balaban J connectivity index is 1.76. The van der Waals surface area contributed by atoms with E-state index in [4.69, 9.17) is 28.9 Å². The molecule has 3 aromatic rings. The third kappa shape index (κ3) is 4.02. The summed E-state index contributed by atoms with van der Waals surface area (Å²) in [7, 11) is 0. The minimum Gasteiger partial charge on any atom is -0.478 e. The molecule has 1 saturated heterocycles. The highest BCUT2D eigenvalue weighted by molar-refractivity contribution is 7.80. The Morgan fingerprint density at radius 3 is 2.41 bits per heavy atom. The lowest BCUT2D eigenvalue weighted by Crippen LogP contribution is -2.54. The Bertz CT molecular complexity index is 1410. The van der Waals surface area contributed by atoms with Gasteiger partial charge in [0.1, 0.15) is 5.57 Å². The number of carbonyl (C=O) groups excluding carboxylic acids is 2. The number of anilines is 1. The molecule has 0 atom stereocenters. The maximum atomic E-state index is 13.3. The van der Waals surface area contributed by atoms with Crippen LogP contribution in [-0.4, -0.2) is 32.6 Å². The summed E-state index contributed by atoms with van der Waals surface area (Å²) in [6, 6.07) is 13.2. The summed E-state index contributed by atoms with van der Waals surface area (Å²) < 4.78 is 2.02. The van der Waals surface area contributed by atoms with Crippen molar-refractivity contribution in [2.75, 3.05) is 4.90 Å². The van der Waals surface area contributed by atoms with E-state index in [9.17, 15) is 14.4 Å². The van der Waals surface area contributed by atoms with Crippen molar-refractivity contribution in [3.05, 3.63) is 87.2 Å². The zero-order valence-electron chi connectivity index (χ0n) is 18.5. The topological polar surface area (TPSA) is 91.6 Å². The van der Waals surface area contributed by atoms with Gasteiger partial charge in [-0.15, -0.1) is 0 Å². The van der Waals surface area contributed by atoms with Gasteiger partial charge in [-0.3, -0.25) is 19.8 Å². The maximum absolute atomic E-state index is 13.3. The molecule has 4 rings (SSSR count). The predicted molar refractivity (Wildman–Crippen MR) is 135 cm³/mol. The van der Waals surface area contributed by atoms with Crippen molar-refractivity contribution >= 4 is 58.5 Å². The van der Waals surface area contributed by atoms with Gasteiger partial charge < -0.3 is 9.67 Å². The Kier molecular flexibility index (Phi) is 6.12. The lowest BCUT2D eigenvalue weighted by atomic mass is 10.1. The second-order valence-corrected chi connectivity index (χ2v) is 8.65. The Morgan fingerprint density at radius 2 is 1.76 bits per heavy atom. The predicted octanol–water partition coefficient (Wildman–Crippen LogP) is 4.59.